The van der Waals surface area contributed by atoms with Gasteiger partial charge >= 0.3 is 17.9 Å². The number of carboxylic acid groups (broad SMARTS) is 2. The van der Waals surface area contributed by atoms with Crippen LogP contribution in [0.3, 0.4) is 0 Å². The maximum atomic E-state index is 11.7. The molecule has 7 aromatic carbocycles. The summed E-state index contributed by atoms with van der Waals surface area (Å²) in [5, 5.41) is 52.3. The minimum atomic E-state index is -1.82. The summed E-state index contributed by atoms with van der Waals surface area (Å²) in [6, 6.07) is 54.4. The van der Waals surface area contributed by atoms with E-state index >= 15 is 0 Å². The molecule has 0 aliphatic carbocycles. The lowest BCUT2D eigenvalue weighted by Crippen LogP contribution is -2.17. The van der Waals surface area contributed by atoms with E-state index < -0.39 is 29.8 Å². The van der Waals surface area contributed by atoms with Gasteiger partial charge in [0.05, 0.1) is 34.4 Å². The second-order valence-corrected chi connectivity index (χ2v) is 23.6. The van der Waals surface area contributed by atoms with Crippen LogP contribution in [0.2, 0.25) is 5.15 Å². The molecule has 1 atom stereocenters. The molecule has 0 bridgehead atoms. The minimum Gasteiger partial charge on any atom is -0.473 e. The third-order valence-corrected chi connectivity index (χ3v) is 16.4. The van der Waals surface area contributed by atoms with Crippen molar-refractivity contribution < 1.29 is 44.0 Å². The maximum Gasteiger partial charge on any atom is 0.414 e. The number of ether oxygens (including phenoxy) is 1. The molecule has 27 nitrogen and oxygen atoms in total. The Hall–Kier alpha value is -13.1. The number of carboxylic acids is 2. The number of aliphatic hydroxyl groups is 1. The van der Waals surface area contributed by atoms with Crippen molar-refractivity contribution in [3.8, 4) is 0 Å². The van der Waals surface area contributed by atoms with Gasteiger partial charge in [-0.3, -0.25) is 44.4 Å². The van der Waals surface area contributed by atoms with E-state index in [0.717, 1.165) is 123 Å². The number of nitrogens with zero attached hydrogens (tertiary/aromatic N) is 11. The van der Waals surface area contributed by atoms with Crippen LogP contribution in [0.15, 0.2) is 199 Å². The number of rotatable bonds is 8. The molecule has 16 rings (SSSR count). The Morgan fingerprint density at radius 1 is 0.522 bits per heavy atom. The zero-order chi connectivity index (χ0) is 85.6. The van der Waals surface area contributed by atoms with E-state index in [0.29, 0.717) is 33.4 Å². The number of hydrogen-bond acceptors (Lipinski definition) is 19. The molecule has 16 aromatic rings. The molecule has 9 aromatic heterocycles. The van der Waals surface area contributed by atoms with Gasteiger partial charge in [0.2, 0.25) is 0 Å². The lowest BCUT2D eigenvalue weighted by atomic mass is 9.99. The van der Waals surface area contributed by atoms with Crippen LogP contribution in [0.5, 0.6) is 0 Å². The average Bonchev–Trinajstić information content (AvgIpc) is 1.64. The summed E-state index contributed by atoms with van der Waals surface area (Å²) in [7, 11) is 9.06. The molecule has 1 unspecified atom stereocenters. The Kier molecular flexibility index (Phi) is 39.3. The van der Waals surface area contributed by atoms with Gasteiger partial charge in [-0.15, -0.1) is 0 Å². The lowest BCUT2D eigenvalue weighted by molar-refractivity contribution is -0.159. The highest BCUT2D eigenvalue weighted by molar-refractivity contribution is 6.43. The van der Waals surface area contributed by atoms with Crippen molar-refractivity contribution in [1.29, 1.82) is 0 Å². The molecule has 0 saturated heterocycles. The van der Waals surface area contributed by atoms with E-state index in [9.17, 15) is 24.3 Å². The van der Waals surface area contributed by atoms with Crippen LogP contribution >= 0.6 is 11.6 Å². The molecular weight excluding hydrogens is 1480 g/mol. The van der Waals surface area contributed by atoms with Gasteiger partial charge in [0.25, 0.3) is 11.3 Å². The third-order valence-electron chi connectivity index (χ3n) is 16.2. The first kappa shape index (κ1) is 94.3. The second-order valence-electron chi connectivity index (χ2n) is 23.3. The number of aromatic nitrogens is 13. The van der Waals surface area contributed by atoms with Crippen molar-refractivity contribution in [2.24, 2.45) is 34.0 Å². The normalized spacial score (nSPS) is 10.2. The van der Waals surface area contributed by atoms with Gasteiger partial charge in [-0.05, 0) is 73.8 Å². The number of fused-ring (bicyclic) bond motifs is 13. The molecular formula is C87H106ClN17O10. The summed E-state index contributed by atoms with van der Waals surface area (Å²) in [4.78, 5) is 81.9. The van der Waals surface area contributed by atoms with E-state index in [1.54, 1.807) is 38.8 Å². The first-order valence-corrected chi connectivity index (χ1v) is 38.1. The number of nitrogens with one attached hydrogen (secondary N) is 3. The van der Waals surface area contributed by atoms with E-state index in [2.05, 4.69) is 75.2 Å². The number of halogens is 1. The summed E-state index contributed by atoms with van der Waals surface area (Å²) in [5.41, 5.74) is 26.2. The predicted molar refractivity (Wildman–Crippen MR) is 466 cm³/mol. The zero-order valence-electron chi connectivity index (χ0n) is 68.5. The predicted octanol–water partition coefficient (Wildman–Crippen LogP) is 16.6. The summed E-state index contributed by atoms with van der Waals surface area (Å²) < 4.78 is 11.5. The van der Waals surface area contributed by atoms with E-state index in [4.69, 9.17) is 42.9 Å². The molecule has 0 radical (unpaired) electrons. The van der Waals surface area contributed by atoms with E-state index in [1.165, 1.54) is 17.3 Å². The monoisotopic (exact) mass is 1580 g/mol. The fraction of sp³-hybridized carbons (Fsp3) is 0.253. The first-order chi connectivity index (χ1) is 55.5. The summed E-state index contributed by atoms with van der Waals surface area (Å²) in [5.74, 6) is 0.393. The van der Waals surface area contributed by atoms with Gasteiger partial charge in [0, 0.05) is 118 Å². The number of aldehydes is 1. The number of para-hydroxylation sites is 5. The quantitative estimate of drug-likeness (QED) is 0.0130. The number of carbonyl (C=O) groups is 5. The molecule has 0 aliphatic heterocycles. The number of aliphatic carboxylic acids is 2. The van der Waals surface area contributed by atoms with Crippen LogP contribution in [0.1, 0.15) is 139 Å². The number of nitrogens with two attached hydrogens (primary N) is 3. The molecule has 606 valence electrons. The Morgan fingerprint density at radius 2 is 0.922 bits per heavy atom. The number of hydrazine groups is 1. The molecule has 0 aliphatic rings. The molecule has 0 amide bonds. The van der Waals surface area contributed by atoms with Crippen LogP contribution in [0.25, 0.3) is 98.1 Å². The Bertz CT molecular complexity index is 5720. The van der Waals surface area contributed by atoms with Crippen molar-refractivity contribution in [1.82, 2.24) is 69.5 Å². The Labute approximate surface area is 673 Å². The fourth-order valence-corrected chi connectivity index (χ4v) is 11.5. The van der Waals surface area contributed by atoms with Crippen molar-refractivity contribution in [2.45, 2.75) is 109 Å². The number of hydrogen-bond donors (Lipinski definition) is 9. The smallest absolute Gasteiger partial charge is 0.414 e. The zero-order valence-corrected chi connectivity index (χ0v) is 69.2. The number of aryl methyl sites for hydroxylation is 6. The highest BCUT2D eigenvalue weighted by Crippen LogP contribution is 2.36. The van der Waals surface area contributed by atoms with Crippen LogP contribution in [0, 0.1) is 0 Å². The molecule has 0 saturated carbocycles. The summed E-state index contributed by atoms with van der Waals surface area (Å²) in [6.07, 6.45) is 9.40. The highest BCUT2D eigenvalue weighted by atomic mass is 35.5. The first-order valence-electron chi connectivity index (χ1n) is 37.7. The molecule has 0 fully saturated rings. The Morgan fingerprint density at radius 3 is 1.41 bits per heavy atom. The van der Waals surface area contributed by atoms with Crippen LogP contribution in [-0.4, -0.2) is 123 Å². The number of carbonyl (C=O) groups excluding carboxylic acids is 3. The maximum absolute atomic E-state index is 11.7. The summed E-state index contributed by atoms with van der Waals surface area (Å²) in [6.45, 7) is 26.1. The van der Waals surface area contributed by atoms with Gasteiger partial charge in [-0.1, -0.05) is 234 Å². The fourth-order valence-electron chi connectivity index (χ4n) is 11.3. The van der Waals surface area contributed by atoms with Gasteiger partial charge in [-0.2, -0.15) is 20.4 Å². The van der Waals surface area contributed by atoms with Crippen molar-refractivity contribution in [3.05, 3.63) is 244 Å². The summed E-state index contributed by atoms with van der Waals surface area (Å²) >= 11 is 6.06. The molecule has 115 heavy (non-hydrogen) atoms. The molecule has 9 heterocycles. The van der Waals surface area contributed by atoms with Crippen LogP contribution in [-0.2, 0) is 60.2 Å². The number of anilines is 2. The topological polar surface area (TPSA) is 404 Å². The van der Waals surface area contributed by atoms with E-state index in [1.807, 2.05) is 280 Å². The van der Waals surface area contributed by atoms with Gasteiger partial charge < -0.3 is 41.5 Å². The minimum absolute atomic E-state index is 0.135. The number of esters is 1. The number of aromatic amines is 2. The van der Waals surface area contributed by atoms with Crippen molar-refractivity contribution in [3.63, 3.8) is 0 Å². The second kappa shape index (κ2) is 48.0. The third kappa shape index (κ3) is 24.7. The van der Waals surface area contributed by atoms with Gasteiger partial charge in [0.1, 0.15) is 28.9 Å². The van der Waals surface area contributed by atoms with Crippen LogP contribution in [0.4, 0.5) is 11.6 Å². The number of aliphatic hydroxyl groups excluding tert-OH is 1. The molecule has 0 spiro atoms. The van der Waals surface area contributed by atoms with E-state index in [-0.39, 0.29) is 12.2 Å². The largest absolute Gasteiger partial charge is 0.473 e. The number of H-pyrrole nitrogens is 2. The Balaban J connectivity index is 0.000000282. The van der Waals surface area contributed by atoms with Crippen molar-refractivity contribution >= 4 is 151 Å². The van der Waals surface area contributed by atoms with Crippen LogP contribution < -0.4 is 28.3 Å². The van der Waals surface area contributed by atoms with Crippen molar-refractivity contribution in [2.75, 3.05) is 25.1 Å². The number of pyridine rings is 4. The highest BCUT2D eigenvalue weighted by Gasteiger charge is 2.24. The van der Waals surface area contributed by atoms with Gasteiger partial charge in [-0.25, -0.2) is 29.3 Å². The number of nitrogen functional groups attached to an aromatic ring is 2. The number of benzene rings is 7. The standard InChI is InChI=1S/C20H20N4O.C12H11NO3.C11H8ClN3.C11H10N4.C11H9N3O.C9H10O.C2H2O4.5C2H6.CH6N2/c1-3-12-8-10-13(11-9-12)19(25)18-16-14-6-4-5-7-15(14)22-20(21)17(16)23-24(18)2;1-2-16-12(15)11(14)9-7-13-10-6-4-3-5-8(9)10;2*1-15-6-8-7-4-2-3-5-9(7)13-11(12)10(8)14-15;1-14-6-8-7-4-2-3-5-9(7)12-11(15)10(8)13-14;1-2-8-3-5-9(7-10)6-4-8;3-1(4)2(5)6;5*1-2;1-3-2/h4-11,19,25H,3H2,1-2H3,(H2,21,22);3-7,13H,2H2,1H3;2-6H,1H3;2-6H,1H3,(H2,12,13);2-6H,1H3,(H,12,15);3-7H,2H2,1H3;(H,3,4)(H,5,6);5*1-2H3;3H,2H2,1H3. The molecule has 12 N–H and O–H groups in total. The lowest BCUT2D eigenvalue weighted by Gasteiger charge is -2.13. The SMILES string of the molecule is CC.CC.CC.CC.CC.CCOC(=O)C(=O)c1c[nH]c2ccccc12.CCc1ccc(C(O)c2c3c(nn2C)c(N)nc2ccccc23)cc1.CCc1ccc(C=O)cc1.CNN.Cn1cc2c(n1)c(=O)[nH]c1ccccc12.Cn1cc2c(n1)c(Cl)nc1ccccc12.Cn1cc2c(n1)c(N)nc1ccccc12.O=C(O)C(=O)O. The molecule has 28 heteroatoms. The number of ketones is 1. The number of Topliss-reactive ketones (excluding diaryl/α,β-unsaturated/α-hetero) is 1. The van der Waals surface area contributed by atoms with Gasteiger partial charge in [0.15, 0.2) is 22.3 Å². The average molecular weight is 1590 g/mol.